The van der Waals surface area contributed by atoms with Gasteiger partial charge in [-0.2, -0.15) is 0 Å². The van der Waals surface area contributed by atoms with Crippen LogP contribution >= 0.6 is 34.8 Å². The molecule has 98 valence electrons. The van der Waals surface area contributed by atoms with E-state index in [1.807, 2.05) is 0 Å². The molecule has 1 heterocycles. The molecule has 1 aliphatic carbocycles. The maximum atomic E-state index is 6.04. The van der Waals surface area contributed by atoms with Crippen molar-refractivity contribution in [1.82, 2.24) is 4.98 Å². The number of nitrogens with zero attached hydrogens (tertiary/aromatic N) is 1. The predicted molar refractivity (Wildman–Crippen MR) is 78.9 cm³/mol. The van der Waals surface area contributed by atoms with Crippen LogP contribution in [-0.4, -0.2) is 11.5 Å². The third kappa shape index (κ3) is 3.78. The van der Waals surface area contributed by atoms with Gasteiger partial charge >= 0.3 is 0 Å². The molecule has 0 fully saturated rings. The zero-order valence-electron chi connectivity index (χ0n) is 9.98. The Bertz CT molecular complexity index is 458. The second kappa shape index (κ2) is 6.65. The second-order valence-corrected chi connectivity index (χ2v) is 5.55. The highest BCUT2D eigenvalue weighted by Crippen LogP contribution is 2.29. The monoisotopic (exact) mass is 304 g/mol. The summed E-state index contributed by atoms with van der Waals surface area (Å²) >= 11 is 17.7. The lowest BCUT2D eigenvalue weighted by Gasteiger charge is -2.13. The first-order valence-corrected chi connectivity index (χ1v) is 7.23. The SMILES string of the molecule is Clc1cc(Cl)c(NCCC2=CCCCC2)nc1Cl. The molecule has 5 heteroatoms. The summed E-state index contributed by atoms with van der Waals surface area (Å²) in [7, 11) is 0. The Labute approximate surface area is 122 Å². The van der Waals surface area contributed by atoms with Gasteiger partial charge in [0.15, 0.2) is 0 Å². The summed E-state index contributed by atoms with van der Waals surface area (Å²) in [6.45, 7) is 0.816. The molecule has 0 saturated carbocycles. The number of nitrogens with one attached hydrogen (secondary N) is 1. The normalized spacial score (nSPS) is 15.4. The van der Waals surface area contributed by atoms with E-state index < -0.39 is 0 Å². The average molecular weight is 306 g/mol. The number of allylic oxidation sites excluding steroid dienone is 1. The van der Waals surface area contributed by atoms with Gasteiger partial charge in [-0.3, -0.25) is 0 Å². The molecule has 1 aromatic heterocycles. The van der Waals surface area contributed by atoms with Crippen molar-refractivity contribution < 1.29 is 0 Å². The molecule has 2 nitrogen and oxygen atoms in total. The minimum atomic E-state index is 0.278. The molecule has 0 radical (unpaired) electrons. The van der Waals surface area contributed by atoms with Crippen molar-refractivity contribution in [1.29, 1.82) is 0 Å². The molecule has 0 spiro atoms. The third-order valence-electron chi connectivity index (χ3n) is 3.01. The zero-order valence-corrected chi connectivity index (χ0v) is 12.2. The first kappa shape index (κ1) is 14.0. The van der Waals surface area contributed by atoms with Crippen LogP contribution in [0.4, 0.5) is 5.82 Å². The van der Waals surface area contributed by atoms with Gasteiger partial charge in [0.25, 0.3) is 0 Å². The fourth-order valence-corrected chi connectivity index (χ4v) is 2.61. The molecular weight excluding hydrogens is 291 g/mol. The number of rotatable bonds is 4. The van der Waals surface area contributed by atoms with E-state index in [1.54, 1.807) is 6.07 Å². The summed E-state index contributed by atoms with van der Waals surface area (Å²) < 4.78 is 0. The molecule has 1 N–H and O–H groups in total. The lowest BCUT2D eigenvalue weighted by atomic mass is 9.97. The molecule has 0 bridgehead atoms. The third-order valence-corrected chi connectivity index (χ3v) is 3.97. The van der Waals surface area contributed by atoms with Crippen molar-refractivity contribution in [2.75, 3.05) is 11.9 Å². The van der Waals surface area contributed by atoms with E-state index in [2.05, 4.69) is 16.4 Å². The smallest absolute Gasteiger partial charge is 0.150 e. The van der Waals surface area contributed by atoms with E-state index in [4.69, 9.17) is 34.8 Å². The Balaban J connectivity index is 1.90. The zero-order chi connectivity index (χ0) is 13.0. The summed E-state index contributed by atoms with van der Waals surface area (Å²) in [5.74, 6) is 0.600. The molecule has 0 unspecified atom stereocenters. The molecule has 2 rings (SSSR count). The maximum Gasteiger partial charge on any atom is 0.150 e. The summed E-state index contributed by atoms with van der Waals surface area (Å²) in [6.07, 6.45) is 8.41. The van der Waals surface area contributed by atoms with E-state index in [9.17, 15) is 0 Å². The Morgan fingerprint density at radius 2 is 2.00 bits per heavy atom. The van der Waals surface area contributed by atoms with Crippen LogP contribution in [0, 0.1) is 0 Å². The lowest BCUT2D eigenvalue weighted by Crippen LogP contribution is -2.06. The highest BCUT2D eigenvalue weighted by Gasteiger charge is 2.08. The Morgan fingerprint density at radius 3 is 2.72 bits per heavy atom. The van der Waals surface area contributed by atoms with E-state index in [1.165, 1.54) is 31.3 Å². The fourth-order valence-electron chi connectivity index (χ4n) is 2.04. The van der Waals surface area contributed by atoms with Crippen LogP contribution in [-0.2, 0) is 0 Å². The second-order valence-electron chi connectivity index (χ2n) is 4.38. The van der Waals surface area contributed by atoms with Crippen molar-refractivity contribution in [3.8, 4) is 0 Å². The van der Waals surface area contributed by atoms with Crippen molar-refractivity contribution in [2.24, 2.45) is 0 Å². The molecular formula is C13H15Cl3N2. The average Bonchev–Trinajstić information content (AvgIpc) is 2.37. The van der Waals surface area contributed by atoms with Crippen LogP contribution in [0.15, 0.2) is 17.7 Å². The Hall–Kier alpha value is -0.440. The fraction of sp³-hybridized carbons (Fsp3) is 0.462. The van der Waals surface area contributed by atoms with Gasteiger partial charge in [-0.05, 0) is 38.2 Å². The topological polar surface area (TPSA) is 24.9 Å². The van der Waals surface area contributed by atoms with Crippen molar-refractivity contribution in [3.63, 3.8) is 0 Å². The maximum absolute atomic E-state index is 6.04. The van der Waals surface area contributed by atoms with Crippen LogP contribution in [0.1, 0.15) is 32.1 Å². The predicted octanol–water partition coefficient (Wildman–Crippen LogP) is 5.34. The van der Waals surface area contributed by atoms with Crippen LogP contribution in [0.3, 0.4) is 0 Å². The number of pyridine rings is 1. The summed E-state index contributed by atoms with van der Waals surface area (Å²) in [4.78, 5) is 4.13. The molecule has 0 aromatic carbocycles. The number of anilines is 1. The van der Waals surface area contributed by atoms with E-state index >= 15 is 0 Å². The van der Waals surface area contributed by atoms with Gasteiger partial charge < -0.3 is 5.32 Å². The molecule has 0 aliphatic heterocycles. The van der Waals surface area contributed by atoms with Gasteiger partial charge in [0.2, 0.25) is 0 Å². The molecule has 0 saturated heterocycles. The quantitative estimate of drug-likeness (QED) is 0.599. The van der Waals surface area contributed by atoms with Gasteiger partial charge in [0.1, 0.15) is 11.0 Å². The van der Waals surface area contributed by atoms with Gasteiger partial charge in [0, 0.05) is 6.54 Å². The summed E-state index contributed by atoms with van der Waals surface area (Å²) in [5.41, 5.74) is 1.52. The van der Waals surface area contributed by atoms with Crippen LogP contribution in [0.2, 0.25) is 15.2 Å². The van der Waals surface area contributed by atoms with Gasteiger partial charge in [0.05, 0.1) is 10.0 Å². The summed E-state index contributed by atoms with van der Waals surface area (Å²) in [5, 5.41) is 4.36. The van der Waals surface area contributed by atoms with Gasteiger partial charge in [-0.1, -0.05) is 46.5 Å². The molecule has 1 aromatic rings. The summed E-state index contributed by atoms with van der Waals surface area (Å²) in [6, 6.07) is 1.61. The minimum absolute atomic E-state index is 0.278. The van der Waals surface area contributed by atoms with Crippen molar-refractivity contribution in [3.05, 3.63) is 32.9 Å². The van der Waals surface area contributed by atoms with Gasteiger partial charge in [-0.15, -0.1) is 0 Å². The number of hydrogen-bond acceptors (Lipinski definition) is 2. The van der Waals surface area contributed by atoms with Crippen LogP contribution in [0.5, 0.6) is 0 Å². The minimum Gasteiger partial charge on any atom is -0.368 e. The highest BCUT2D eigenvalue weighted by molar-refractivity contribution is 6.42. The molecule has 0 atom stereocenters. The van der Waals surface area contributed by atoms with E-state index in [0.717, 1.165) is 13.0 Å². The number of hydrogen-bond donors (Lipinski definition) is 1. The number of halogens is 3. The standard InChI is InChI=1S/C13H15Cl3N2/c14-10-8-11(15)13(18-12(10)16)17-7-6-9-4-2-1-3-5-9/h4,8H,1-3,5-7H2,(H,17,18). The van der Waals surface area contributed by atoms with Crippen molar-refractivity contribution in [2.45, 2.75) is 32.1 Å². The first-order chi connectivity index (χ1) is 8.66. The number of aromatic nitrogens is 1. The molecule has 1 aliphatic rings. The highest BCUT2D eigenvalue weighted by atomic mass is 35.5. The van der Waals surface area contributed by atoms with E-state index in [-0.39, 0.29) is 5.15 Å². The van der Waals surface area contributed by atoms with Crippen LogP contribution < -0.4 is 5.32 Å². The lowest BCUT2D eigenvalue weighted by molar-refractivity contribution is 0.679. The van der Waals surface area contributed by atoms with E-state index in [0.29, 0.717) is 15.9 Å². The Kier molecular flexibility index (Phi) is 5.16. The molecule has 0 amide bonds. The Morgan fingerprint density at radius 1 is 1.17 bits per heavy atom. The van der Waals surface area contributed by atoms with Crippen molar-refractivity contribution >= 4 is 40.6 Å². The molecule has 18 heavy (non-hydrogen) atoms. The first-order valence-electron chi connectivity index (χ1n) is 6.10. The van der Waals surface area contributed by atoms with Gasteiger partial charge in [-0.25, -0.2) is 4.98 Å². The largest absolute Gasteiger partial charge is 0.368 e. The van der Waals surface area contributed by atoms with Crippen LogP contribution in [0.25, 0.3) is 0 Å².